The van der Waals surface area contributed by atoms with Gasteiger partial charge in [-0.25, -0.2) is 0 Å². The normalized spacial score (nSPS) is 18.4. The minimum atomic E-state index is -0.612. The molecule has 2 aromatic rings. The van der Waals surface area contributed by atoms with Crippen molar-refractivity contribution in [3.63, 3.8) is 0 Å². The summed E-state index contributed by atoms with van der Waals surface area (Å²) in [5, 5.41) is 0. The van der Waals surface area contributed by atoms with Gasteiger partial charge in [0.05, 0.1) is 23.9 Å². The van der Waals surface area contributed by atoms with Crippen molar-refractivity contribution >= 4 is 35.1 Å². The summed E-state index contributed by atoms with van der Waals surface area (Å²) in [6.07, 6.45) is 0.453. The predicted octanol–water partition coefficient (Wildman–Crippen LogP) is 3.01. The Balaban J connectivity index is 1.46. The molecule has 2 saturated heterocycles. The van der Waals surface area contributed by atoms with E-state index in [2.05, 4.69) is 0 Å². The summed E-state index contributed by atoms with van der Waals surface area (Å²) in [7, 11) is 0. The third-order valence-electron chi connectivity index (χ3n) is 5.59. The van der Waals surface area contributed by atoms with Gasteiger partial charge in [-0.3, -0.25) is 24.1 Å². The van der Waals surface area contributed by atoms with Gasteiger partial charge in [-0.1, -0.05) is 12.1 Å². The standard InChI is InChI=1S/C24H24N2O6/c1-3-31-20-7-5-4-6-19(20)25-14-16(13-23(25)29)24(30)32-17-8-9-18(15(2)12-17)26-21(27)10-11-22(26)28/h4-9,12,16H,3,10-11,13-14H2,1-2H3/t16-/m1/s1. The number of hydrogen-bond acceptors (Lipinski definition) is 6. The van der Waals surface area contributed by atoms with E-state index in [1.165, 1.54) is 4.90 Å². The molecule has 2 aliphatic heterocycles. The Morgan fingerprint density at radius 2 is 1.72 bits per heavy atom. The van der Waals surface area contributed by atoms with Gasteiger partial charge in [-0.2, -0.15) is 0 Å². The van der Waals surface area contributed by atoms with Crippen LogP contribution in [-0.2, 0) is 19.2 Å². The van der Waals surface area contributed by atoms with Crippen molar-refractivity contribution in [1.82, 2.24) is 0 Å². The van der Waals surface area contributed by atoms with E-state index >= 15 is 0 Å². The molecule has 0 saturated carbocycles. The predicted molar refractivity (Wildman–Crippen MR) is 117 cm³/mol. The molecule has 0 aromatic heterocycles. The molecule has 166 valence electrons. The third kappa shape index (κ3) is 4.08. The number of aryl methyl sites for hydroxylation is 1. The molecule has 0 radical (unpaired) electrons. The molecule has 0 N–H and O–H groups in total. The van der Waals surface area contributed by atoms with Crippen molar-refractivity contribution in [2.24, 2.45) is 5.92 Å². The van der Waals surface area contributed by atoms with E-state index < -0.39 is 11.9 Å². The topological polar surface area (TPSA) is 93.2 Å². The summed E-state index contributed by atoms with van der Waals surface area (Å²) < 4.78 is 11.1. The van der Waals surface area contributed by atoms with Crippen LogP contribution in [0.4, 0.5) is 11.4 Å². The lowest BCUT2D eigenvalue weighted by Gasteiger charge is -2.20. The first-order valence-corrected chi connectivity index (χ1v) is 10.6. The Bertz CT molecular complexity index is 1080. The SMILES string of the molecule is CCOc1ccccc1N1C[C@H](C(=O)Oc2ccc(N3C(=O)CCC3=O)c(C)c2)CC1=O. The summed E-state index contributed by atoms with van der Waals surface area (Å²) in [6, 6.07) is 12.0. The monoisotopic (exact) mass is 436 g/mol. The van der Waals surface area contributed by atoms with Crippen LogP contribution < -0.4 is 19.3 Å². The van der Waals surface area contributed by atoms with Gasteiger partial charge in [0.1, 0.15) is 11.5 Å². The van der Waals surface area contributed by atoms with E-state index in [1.807, 2.05) is 19.1 Å². The van der Waals surface area contributed by atoms with Crippen LogP contribution in [0.5, 0.6) is 11.5 Å². The summed E-state index contributed by atoms with van der Waals surface area (Å²) in [6.45, 7) is 4.28. The molecule has 8 nitrogen and oxygen atoms in total. The number of para-hydroxylation sites is 2. The first-order chi connectivity index (χ1) is 15.4. The number of rotatable bonds is 6. The molecule has 1 atom stereocenters. The number of benzene rings is 2. The first kappa shape index (κ1) is 21.5. The molecule has 32 heavy (non-hydrogen) atoms. The number of ether oxygens (including phenoxy) is 2. The minimum Gasteiger partial charge on any atom is -0.492 e. The molecule has 2 aromatic carbocycles. The van der Waals surface area contributed by atoms with Crippen LogP contribution in [0.25, 0.3) is 0 Å². The van der Waals surface area contributed by atoms with Crippen molar-refractivity contribution in [1.29, 1.82) is 0 Å². The molecule has 0 aliphatic carbocycles. The van der Waals surface area contributed by atoms with Gasteiger partial charge in [-0.05, 0) is 49.7 Å². The molecule has 2 heterocycles. The summed E-state index contributed by atoms with van der Waals surface area (Å²) >= 11 is 0. The molecule has 2 fully saturated rings. The number of anilines is 2. The van der Waals surface area contributed by atoms with E-state index in [4.69, 9.17) is 9.47 Å². The van der Waals surface area contributed by atoms with Crippen LogP contribution in [0.2, 0.25) is 0 Å². The minimum absolute atomic E-state index is 0.0487. The Kier molecular flexibility index (Phi) is 5.94. The maximum atomic E-state index is 12.8. The Hall–Kier alpha value is -3.68. The fourth-order valence-corrected chi connectivity index (χ4v) is 4.04. The molecule has 0 spiro atoms. The van der Waals surface area contributed by atoms with Gasteiger partial charge in [0.2, 0.25) is 17.7 Å². The van der Waals surface area contributed by atoms with Crippen LogP contribution in [0.3, 0.4) is 0 Å². The highest BCUT2D eigenvalue weighted by Gasteiger charge is 2.37. The van der Waals surface area contributed by atoms with Crippen molar-refractivity contribution in [2.75, 3.05) is 23.0 Å². The van der Waals surface area contributed by atoms with Crippen molar-refractivity contribution in [3.05, 3.63) is 48.0 Å². The second-order valence-electron chi connectivity index (χ2n) is 7.80. The largest absolute Gasteiger partial charge is 0.492 e. The lowest BCUT2D eigenvalue weighted by atomic mass is 10.1. The molecule has 0 bridgehead atoms. The van der Waals surface area contributed by atoms with Crippen molar-refractivity contribution in [3.8, 4) is 11.5 Å². The number of carbonyl (C=O) groups is 4. The highest BCUT2D eigenvalue weighted by Crippen LogP contribution is 2.34. The lowest BCUT2D eigenvalue weighted by molar-refractivity contribution is -0.139. The lowest BCUT2D eigenvalue weighted by Crippen LogP contribution is -2.29. The average Bonchev–Trinajstić information content (AvgIpc) is 3.31. The van der Waals surface area contributed by atoms with Gasteiger partial charge in [0, 0.05) is 25.8 Å². The number of imide groups is 1. The van der Waals surface area contributed by atoms with Crippen molar-refractivity contribution < 1.29 is 28.7 Å². The smallest absolute Gasteiger partial charge is 0.316 e. The van der Waals surface area contributed by atoms with Crippen LogP contribution in [0, 0.1) is 12.8 Å². The zero-order chi connectivity index (χ0) is 22.8. The zero-order valence-electron chi connectivity index (χ0n) is 18.0. The maximum Gasteiger partial charge on any atom is 0.316 e. The number of nitrogens with zero attached hydrogens (tertiary/aromatic N) is 2. The number of amides is 3. The molecular weight excluding hydrogens is 412 g/mol. The third-order valence-corrected chi connectivity index (χ3v) is 5.59. The summed E-state index contributed by atoms with van der Waals surface area (Å²) in [4.78, 5) is 52.1. The van der Waals surface area contributed by atoms with Crippen molar-refractivity contribution in [2.45, 2.75) is 33.1 Å². The molecule has 2 aliphatic rings. The van der Waals surface area contributed by atoms with E-state index in [1.54, 1.807) is 42.2 Å². The fraction of sp³-hybridized carbons (Fsp3) is 0.333. The number of hydrogen-bond donors (Lipinski definition) is 0. The first-order valence-electron chi connectivity index (χ1n) is 10.6. The quantitative estimate of drug-likeness (QED) is 0.393. The maximum absolute atomic E-state index is 12.8. The van der Waals surface area contributed by atoms with E-state index in [0.29, 0.717) is 35.0 Å². The summed E-state index contributed by atoms with van der Waals surface area (Å²) in [5.74, 6) is -0.865. The number of esters is 1. The Morgan fingerprint density at radius 1 is 1.00 bits per heavy atom. The van der Waals surface area contributed by atoms with E-state index in [0.717, 1.165) is 0 Å². The zero-order valence-corrected chi connectivity index (χ0v) is 18.0. The molecule has 8 heteroatoms. The fourth-order valence-electron chi connectivity index (χ4n) is 4.04. The molecule has 3 amide bonds. The van der Waals surface area contributed by atoms with Crippen LogP contribution in [0.1, 0.15) is 31.7 Å². The average molecular weight is 436 g/mol. The van der Waals surface area contributed by atoms with Crippen LogP contribution in [-0.4, -0.2) is 36.8 Å². The highest BCUT2D eigenvalue weighted by molar-refractivity contribution is 6.20. The van der Waals surface area contributed by atoms with E-state index in [9.17, 15) is 19.2 Å². The highest BCUT2D eigenvalue weighted by atomic mass is 16.5. The molecule has 4 rings (SSSR count). The van der Waals surface area contributed by atoms with E-state index in [-0.39, 0.29) is 43.5 Å². The Labute approximate surface area is 185 Å². The second kappa shape index (κ2) is 8.82. The summed E-state index contributed by atoms with van der Waals surface area (Å²) in [5.41, 5.74) is 1.77. The molecular formula is C24H24N2O6. The second-order valence-corrected chi connectivity index (χ2v) is 7.80. The van der Waals surface area contributed by atoms with Crippen LogP contribution in [0.15, 0.2) is 42.5 Å². The van der Waals surface area contributed by atoms with Gasteiger partial charge in [0.25, 0.3) is 0 Å². The number of carbonyl (C=O) groups excluding carboxylic acids is 4. The van der Waals surface area contributed by atoms with Gasteiger partial charge in [0.15, 0.2) is 0 Å². The van der Waals surface area contributed by atoms with Gasteiger partial charge < -0.3 is 14.4 Å². The van der Waals surface area contributed by atoms with Gasteiger partial charge in [-0.15, -0.1) is 0 Å². The van der Waals surface area contributed by atoms with Gasteiger partial charge >= 0.3 is 5.97 Å². The molecule has 0 unspecified atom stereocenters. The van der Waals surface area contributed by atoms with Crippen LogP contribution >= 0.6 is 0 Å². The Morgan fingerprint density at radius 3 is 2.41 bits per heavy atom.